The van der Waals surface area contributed by atoms with E-state index >= 15 is 0 Å². The van der Waals surface area contributed by atoms with Crippen molar-refractivity contribution >= 4 is 22.3 Å². The number of nitriles is 1. The first-order valence-electron chi connectivity index (χ1n) is 6.25. The van der Waals surface area contributed by atoms with Crippen molar-refractivity contribution in [2.75, 3.05) is 5.32 Å². The Morgan fingerprint density at radius 2 is 2.05 bits per heavy atom. The lowest BCUT2D eigenvalue weighted by Crippen LogP contribution is -1.99. The van der Waals surface area contributed by atoms with Gasteiger partial charge in [-0.05, 0) is 31.2 Å². The Morgan fingerprint density at radius 3 is 2.90 bits per heavy atom. The molecule has 0 atom stereocenters. The molecule has 1 N–H and O–H groups in total. The van der Waals surface area contributed by atoms with E-state index in [-0.39, 0.29) is 0 Å². The van der Waals surface area contributed by atoms with E-state index in [0.29, 0.717) is 11.4 Å². The zero-order valence-electron chi connectivity index (χ0n) is 11.0. The minimum Gasteiger partial charge on any atom is -0.339 e. The topological polar surface area (TPSA) is 61.6 Å². The van der Waals surface area contributed by atoms with Gasteiger partial charge in [-0.1, -0.05) is 12.1 Å². The van der Waals surface area contributed by atoms with Gasteiger partial charge >= 0.3 is 0 Å². The Kier molecular flexibility index (Phi) is 3.02. The molecule has 0 spiro atoms. The Bertz CT molecular complexity index is 813. The van der Waals surface area contributed by atoms with Gasteiger partial charge < -0.3 is 5.32 Å². The van der Waals surface area contributed by atoms with Crippen molar-refractivity contribution in [3.05, 3.63) is 60.0 Å². The second-order valence-electron chi connectivity index (χ2n) is 4.49. The number of nitrogens with one attached hydrogen (secondary N) is 1. The van der Waals surface area contributed by atoms with Gasteiger partial charge in [0, 0.05) is 34.5 Å². The number of aryl methyl sites for hydroxylation is 1. The lowest BCUT2D eigenvalue weighted by molar-refractivity contribution is 1.19. The summed E-state index contributed by atoms with van der Waals surface area (Å²) < 4.78 is 0. The van der Waals surface area contributed by atoms with Crippen LogP contribution in [0.5, 0.6) is 0 Å². The number of nitrogens with zero attached hydrogens (tertiary/aromatic N) is 3. The van der Waals surface area contributed by atoms with E-state index < -0.39 is 0 Å². The molecule has 96 valence electrons. The van der Waals surface area contributed by atoms with Crippen LogP contribution in [0.1, 0.15) is 11.3 Å². The minimum absolute atomic E-state index is 0.529. The van der Waals surface area contributed by atoms with E-state index in [4.69, 9.17) is 5.26 Å². The highest BCUT2D eigenvalue weighted by Crippen LogP contribution is 2.26. The molecule has 0 aliphatic rings. The van der Waals surface area contributed by atoms with E-state index in [9.17, 15) is 0 Å². The first-order chi connectivity index (χ1) is 9.78. The molecular weight excluding hydrogens is 248 g/mol. The third-order valence-electron chi connectivity index (χ3n) is 3.09. The quantitative estimate of drug-likeness (QED) is 0.765. The van der Waals surface area contributed by atoms with Crippen LogP contribution < -0.4 is 5.32 Å². The summed E-state index contributed by atoms with van der Waals surface area (Å²) in [5.74, 6) is 0.580. The summed E-state index contributed by atoms with van der Waals surface area (Å²) in [4.78, 5) is 8.51. The second-order valence-corrected chi connectivity index (χ2v) is 4.49. The first kappa shape index (κ1) is 12.1. The molecule has 0 saturated heterocycles. The van der Waals surface area contributed by atoms with Gasteiger partial charge in [-0.2, -0.15) is 5.26 Å². The molecule has 0 fully saturated rings. The molecular formula is C16H12N4. The van der Waals surface area contributed by atoms with Gasteiger partial charge in [0.05, 0.1) is 5.56 Å². The fraction of sp³-hybridized carbons (Fsp3) is 0.0625. The molecule has 0 unspecified atom stereocenters. The molecule has 3 rings (SSSR count). The fourth-order valence-corrected chi connectivity index (χ4v) is 2.10. The van der Waals surface area contributed by atoms with Crippen LogP contribution in [0.25, 0.3) is 10.8 Å². The summed E-state index contributed by atoms with van der Waals surface area (Å²) in [7, 11) is 0. The van der Waals surface area contributed by atoms with Crippen molar-refractivity contribution in [3.63, 3.8) is 0 Å². The van der Waals surface area contributed by atoms with E-state index in [1.165, 1.54) is 0 Å². The fourth-order valence-electron chi connectivity index (χ4n) is 2.10. The Balaban J connectivity index is 2.10. The molecule has 2 heterocycles. The molecule has 0 radical (unpaired) electrons. The Hall–Kier alpha value is -2.93. The number of pyridine rings is 2. The smallest absolute Gasteiger partial charge is 0.148 e. The number of aromatic nitrogens is 2. The maximum absolute atomic E-state index is 9.16. The highest BCUT2D eigenvalue weighted by atomic mass is 15.0. The van der Waals surface area contributed by atoms with Gasteiger partial charge in [0.1, 0.15) is 11.9 Å². The predicted octanol–water partition coefficient (Wildman–Crippen LogP) is 3.55. The summed E-state index contributed by atoms with van der Waals surface area (Å²) in [5.41, 5.74) is 2.31. The average molecular weight is 260 g/mol. The molecule has 3 aromatic rings. The van der Waals surface area contributed by atoms with E-state index in [1.54, 1.807) is 12.3 Å². The summed E-state index contributed by atoms with van der Waals surface area (Å²) in [6.45, 7) is 1.90. The van der Waals surface area contributed by atoms with Gasteiger partial charge in [0.25, 0.3) is 0 Å². The maximum Gasteiger partial charge on any atom is 0.148 e. The van der Waals surface area contributed by atoms with Gasteiger partial charge in [-0.3, -0.25) is 4.98 Å². The number of rotatable bonds is 2. The molecule has 4 heteroatoms. The van der Waals surface area contributed by atoms with Crippen molar-refractivity contribution in [2.24, 2.45) is 0 Å². The number of fused-ring (bicyclic) bond motifs is 1. The highest BCUT2D eigenvalue weighted by molar-refractivity contribution is 5.94. The van der Waals surface area contributed by atoms with Crippen LogP contribution in [0, 0.1) is 18.3 Å². The largest absolute Gasteiger partial charge is 0.339 e. The molecule has 0 bridgehead atoms. The third kappa shape index (κ3) is 2.17. The molecule has 0 saturated carbocycles. The van der Waals surface area contributed by atoms with Crippen molar-refractivity contribution in [1.29, 1.82) is 5.26 Å². The Morgan fingerprint density at radius 1 is 1.15 bits per heavy atom. The van der Waals surface area contributed by atoms with Crippen molar-refractivity contribution in [2.45, 2.75) is 6.92 Å². The molecule has 2 aromatic heterocycles. The SMILES string of the molecule is Cc1ccc(C#N)c(Nc2cccc3cnccc23)n1. The van der Waals surface area contributed by atoms with Gasteiger partial charge in [-0.25, -0.2) is 4.98 Å². The second kappa shape index (κ2) is 4.98. The monoisotopic (exact) mass is 260 g/mol. The number of hydrogen-bond donors (Lipinski definition) is 1. The van der Waals surface area contributed by atoms with Crippen LogP contribution in [-0.2, 0) is 0 Å². The van der Waals surface area contributed by atoms with Crippen molar-refractivity contribution < 1.29 is 0 Å². The Labute approximate surface area is 116 Å². The molecule has 1 aromatic carbocycles. The number of hydrogen-bond acceptors (Lipinski definition) is 4. The summed E-state index contributed by atoms with van der Waals surface area (Å²) in [6.07, 6.45) is 3.57. The number of anilines is 2. The van der Waals surface area contributed by atoms with Crippen LogP contribution in [0.4, 0.5) is 11.5 Å². The third-order valence-corrected chi connectivity index (χ3v) is 3.09. The first-order valence-corrected chi connectivity index (χ1v) is 6.25. The lowest BCUT2D eigenvalue weighted by atomic mass is 10.1. The molecule has 0 aliphatic carbocycles. The molecule has 0 aliphatic heterocycles. The maximum atomic E-state index is 9.16. The minimum atomic E-state index is 0.529. The van der Waals surface area contributed by atoms with Gasteiger partial charge in [0.15, 0.2) is 0 Å². The average Bonchev–Trinajstić information content (AvgIpc) is 2.48. The highest BCUT2D eigenvalue weighted by Gasteiger charge is 2.06. The molecule has 20 heavy (non-hydrogen) atoms. The summed E-state index contributed by atoms with van der Waals surface area (Å²) >= 11 is 0. The van der Waals surface area contributed by atoms with Crippen LogP contribution in [-0.4, -0.2) is 9.97 Å². The van der Waals surface area contributed by atoms with Crippen LogP contribution in [0.3, 0.4) is 0 Å². The molecule has 0 amide bonds. The van der Waals surface area contributed by atoms with Crippen molar-refractivity contribution in [1.82, 2.24) is 9.97 Å². The van der Waals surface area contributed by atoms with Crippen LogP contribution >= 0.6 is 0 Å². The van der Waals surface area contributed by atoms with E-state index in [0.717, 1.165) is 22.2 Å². The normalized spacial score (nSPS) is 10.2. The van der Waals surface area contributed by atoms with Crippen LogP contribution in [0.15, 0.2) is 48.8 Å². The van der Waals surface area contributed by atoms with Crippen molar-refractivity contribution in [3.8, 4) is 6.07 Å². The summed E-state index contributed by atoms with van der Waals surface area (Å²) in [5, 5.41) is 14.5. The lowest BCUT2D eigenvalue weighted by Gasteiger charge is -2.10. The number of benzene rings is 1. The van der Waals surface area contributed by atoms with E-state index in [2.05, 4.69) is 21.4 Å². The summed E-state index contributed by atoms with van der Waals surface area (Å²) in [6, 6.07) is 13.6. The van der Waals surface area contributed by atoms with Gasteiger partial charge in [-0.15, -0.1) is 0 Å². The zero-order valence-corrected chi connectivity index (χ0v) is 11.0. The van der Waals surface area contributed by atoms with Gasteiger partial charge in [0.2, 0.25) is 0 Å². The van der Waals surface area contributed by atoms with Crippen LogP contribution in [0.2, 0.25) is 0 Å². The standard InChI is InChI=1S/C16H12N4/c1-11-5-6-12(9-17)16(19-11)20-15-4-2-3-13-10-18-8-7-14(13)15/h2-8,10H,1H3,(H,19,20). The predicted molar refractivity (Wildman–Crippen MR) is 78.7 cm³/mol. The zero-order chi connectivity index (χ0) is 13.9. The van der Waals surface area contributed by atoms with E-state index in [1.807, 2.05) is 43.5 Å². The molecule has 4 nitrogen and oxygen atoms in total.